The second-order valence-electron chi connectivity index (χ2n) is 8.04. The molecule has 0 saturated heterocycles. The molecule has 1 aliphatic rings. The normalized spacial score (nSPS) is 15.2. The highest BCUT2D eigenvalue weighted by atomic mass is 32.1. The summed E-state index contributed by atoms with van der Waals surface area (Å²) < 4.78 is 0. The van der Waals surface area contributed by atoms with Crippen molar-refractivity contribution < 1.29 is 0 Å². The minimum absolute atomic E-state index is 0.864. The van der Waals surface area contributed by atoms with Gasteiger partial charge in [-0.2, -0.15) is 4.99 Å². The number of hydrogen-bond acceptors (Lipinski definition) is 2. The third-order valence-electron chi connectivity index (χ3n) is 5.96. The molecule has 0 fully saturated rings. The Morgan fingerprint density at radius 1 is 1.11 bits per heavy atom. The van der Waals surface area contributed by atoms with Crippen LogP contribution in [0.25, 0.3) is 0 Å². The second kappa shape index (κ2) is 9.33. The summed E-state index contributed by atoms with van der Waals surface area (Å²) >= 11 is 4.75. The van der Waals surface area contributed by atoms with E-state index in [1.807, 2.05) is 13.8 Å². The molecule has 1 aliphatic carbocycles. The monoisotopic (exact) mass is 387 g/mol. The van der Waals surface area contributed by atoms with Crippen LogP contribution in [0, 0.1) is 38.5 Å². The maximum absolute atomic E-state index is 4.75. The molecule has 0 radical (unpaired) electrons. The van der Waals surface area contributed by atoms with Crippen molar-refractivity contribution >= 4 is 23.1 Å². The first-order valence-electron chi connectivity index (χ1n) is 10.4. The van der Waals surface area contributed by atoms with Gasteiger partial charge in [-0.1, -0.05) is 44.1 Å². The molecule has 2 heteroatoms. The highest BCUT2D eigenvalue weighted by Crippen LogP contribution is 2.32. The van der Waals surface area contributed by atoms with E-state index in [9.17, 15) is 0 Å². The Bertz CT molecular complexity index is 960. The molecule has 2 aromatic carbocycles. The maximum atomic E-state index is 4.75. The Balaban J connectivity index is 1.85. The first-order chi connectivity index (χ1) is 13.5. The van der Waals surface area contributed by atoms with Crippen molar-refractivity contribution in [1.82, 2.24) is 0 Å². The first kappa shape index (κ1) is 20.5. The van der Waals surface area contributed by atoms with Crippen molar-refractivity contribution in [2.24, 2.45) is 10.9 Å². The fraction of sp³-hybridized carbons (Fsp3) is 0.423. The van der Waals surface area contributed by atoms with Crippen molar-refractivity contribution in [3.8, 4) is 11.8 Å². The number of benzene rings is 2. The predicted octanol–water partition coefficient (Wildman–Crippen LogP) is 7.04. The summed E-state index contributed by atoms with van der Waals surface area (Å²) in [5.41, 5.74) is 9.71. The van der Waals surface area contributed by atoms with Crippen molar-refractivity contribution in [3.63, 3.8) is 0 Å². The Kier molecular flexibility index (Phi) is 6.84. The molecule has 0 spiro atoms. The molecule has 2 aromatic rings. The largest absolute Gasteiger partial charge is 0.194 e. The molecular formula is C26H29NS. The molecule has 0 aliphatic heterocycles. The molecule has 0 aromatic heterocycles. The van der Waals surface area contributed by atoms with Crippen LogP contribution in [0.5, 0.6) is 0 Å². The van der Waals surface area contributed by atoms with Gasteiger partial charge in [0, 0.05) is 11.1 Å². The third kappa shape index (κ3) is 4.61. The van der Waals surface area contributed by atoms with Gasteiger partial charge in [-0.15, -0.1) is 0 Å². The topological polar surface area (TPSA) is 12.4 Å². The molecule has 144 valence electrons. The van der Waals surface area contributed by atoms with E-state index in [2.05, 4.69) is 60.1 Å². The van der Waals surface area contributed by atoms with Gasteiger partial charge in [0.1, 0.15) is 0 Å². The molecule has 0 N–H and O–H groups in total. The zero-order valence-electron chi connectivity index (χ0n) is 17.5. The summed E-state index contributed by atoms with van der Waals surface area (Å²) in [6, 6.07) is 8.70. The van der Waals surface area contributed by atoms with Crippen LogP contribution in [-0.4, -0.2) is 5.16 Å². The van der Waals surface area contributed by atoms with Gasteiger partial charge in [0.15, 0.2) is 0 Å². The number of nitrogens with zero attached hydrogens (tertiary/aromatic N) is 1. The van der Waals surface area contributed by atoms with E-state index in [0.717, 1.165) is 33.9 Å². The summed E-state index contributed by atoms with van der Waals surface area (Å²) in [5.74, 6) is 7.64. The molecule has 1 unspecified atom stereocenters. The van der Waals surface area contributed by atoms with E-state index in [4.69, 9.17) is 12.2 Å². The molecule has 3 rings (SSSR count). The van der Waals surface area contributed by atoms with Crippen LogP contribution < -0.4 is 0 Å². The smallest absolute Gasteiger partial charge is 0.0798 e. The van der Waals surface area contributed by atoms with Crippen molar-refractivity contribution in [2.75, 3.05) is 0 Å². The fourth-order valence-corrected chi connectivity index (χ4v) is 4.47. The average Bonchev–Trinajstić information content (AvgIpc) is 2.68. The molecule has 0 bridgehead atoms. The number of aliphatic imine (C=N–C) groups is 1. The van der Waals surface area contributed by atoms with E-state index in [1.165, 1.54) is 49.7 Å². The zero-order chi connectivity index (χ0) is 20.1. The Morgan fingerprint density at radius 3 is 2.54 bits per heavy atom. The van der Waals surface area contributed by atoms with Gasteiger partial charge in [-0.05, 0) is 104 Å². The lowest BCUT2D eigenvalue weighted by molar-refractivity contribution is 0.412. The fourth-order valence-electron chi connectivity index (χ4n) is 4.38. The Hall–Kier alpha value is -2.20. The number of rotatable bonds is 4. The summed E-state index contributed by atoms with van der Waals surface area (Å²) in [5, 5.41) is 2.47. The highest BCUT2D eigenvalue weighted by molar-refractivity contribution is 7.78. The third-order valence-corrected chi connectivity index (χ3v) is 6.05. The van der Waals surface area contributed by atoms with E-state index in [1.54, 1.807) is 5.56 Å². The Morgan fingerprint density at radius 2 is 1.86 bits per heavy atom. The number of isothiocyanates is 1. The minimum Gasteiger partial charge on any atom is -0.194 e. The standard InChI is InChI=1S/C26H29NS/c1-5-6-7-21-9-13-25-20(4)23(11-12-24(25)16-21)10-8-22-14-18(2)26(27-17-28)19(3)15-22/h11-12,14-15,21H,5-7,9,13,16H2,1-4H3. The molecule has 1 nitrogen and oxygen atoms in total. The van der Waals surface area contributed by atoms with Crippen LogP contribution in [0.3, 0.4) is 0 Å². The lowest BCUT2D eigenvalue weighted by Gasteiger charge is -2.26. The van der Waals surface area contributed by atoms with Crippen molar-refractivity contribution in [2.45, 2.75) is 66.2 Å². The van der Waals surface area contributed by atoms with Crippen LogP contribution in [-0.2, 0) is 12.8 Å². The molecule has 0 heterocycles. The van der Waals surface area contributed by atoms with Gasteiger partial charge in [-0.3, -0.25) is 0 Å². The van der Waals surface area contributed by atoms with E-state index < -0.39 is 0 Å². The second-order valence-corrected chi connectivity index (χ2v) is 8.22. The highest BCUT2D eigenvalue weighted by Gasteiger charge is 2.20. The van der Waals surface area contributed by atoms with Crippen LogP contribution >= 0.6 is 12.2 Å². The van der Waals surface area contributed by atoms with Crippen LogP contribution in [0.15, 0.2) is 29.3 Å². The van der Waals surface area contributed by atoms with Gasteiger partial charge < -0.3 is 0 Å². The van der Waals surface area contributed by atoms with Gasteiger partial charge in [0.05, 0.1) is 10.8 Å². The number of hydrogen-bond donors (Lipinski definition) is 0. The van der Waals surface area contributed by atoms with Crippen LogP contribution in [0.2, 0.25) is 0 Å². The van der Waals surface area contributed by atoms with Crippen LogP contribution in [0.1, 0.15) is 71.6 Å². The molecule has 1 atom stereocenters. The predicted molar refractivity (Wildman–Crippen MR) is 123 cm³/mol. The van der Waals surface area contributed by atoms with Gasteiger partial charge in [0.2, 0.25) is 0 Å². The van der Waals surface area contributed by atoms with E-state index in [-0.39, 0.29) is 0 Å². The number of thiocarbonyl (C=S) groups is 1. The number of fused-ring (bicyclic) bond motifs is 1. The number of unbranched alkanes of at least 4 members (excludes halogenated alkanes) is 1. The quantitative estimate of drug-likeness (QED) is 0.311. The molecule has 0 saturated carbocycles. The van der Waals surface area contributed by atoms with Crippen LogP contribution in [0.4, 0.5) is 5.69 Å². The summed E-state index contributed by atoms with van der Waals surface area (Å²) in [7, 11) is 0. The van der Waals surface area contributed by atoms with Gasteiger partial charge >= 0.3 is 0 Å². The average molecular weight is 388 g/mol. The van der Waals surface area contributed by atoms with E-state index >= 15 is 0 Å². The van der Waals surface area contributed by atoms with Crippen molar-refractivity contribution in [3.05, 3.63) is 63.2 Å². The molecular weight excluding hydrogens is 358 g/mol. The minimum atomic E-state index is 0.864. The van der Waals surface area contributed by atoms with Gasteiger partial charge in [-0.25, -0.2) is 0 Å². The summed E-state index contributed by atoms with van der Waals surface area (Å²) in [4.78, 5) is 4.17. The first-order valence-corrected chi connectivity index (χ1v) is 10.8. The zero-order valence-corrected chi connectivity index (χ0v) is 18.3. The number of aryl methyl sites for hydroxylation is 2. The van der Waals surface area contributed by atoms with Gasteiger partial charge in [0.25, 0.3) is 0 Å². The summed E-state index contributed by atoms with van der Waals surface area (Å²) in [6.07, 6.45) is 7.80. The SMILES string of the molecule is CCCCC1CCc2c(ccc(C#Cc3cc(C)c(N=C=S)c(C)c3)c2C)C1. The summed E-state index contributed by atoms with van der Waals surface area (Å²) in [6.45, 7) is 8.61. The lowest BCUT2D eigenvalue weighted by Crippen LogP contribution is -2.15. The molecule has 28 heavy (non-hydrogen) atoms. The molecule has 0 amide bonds. The maximum Gasteiger partial charge on any atom is 0.0798 e. The van der Waals surface area contributed by atoms with Crippen molar-refractivity contribution in [1.29, 1.82) is 0 Å². The lowest BCUT2D eigenvalue weighted by atomic mass is 9.79. The van der Waals surface area contributed by atoms with E-state index in [0.29, 0.717) is 0 Å². The Labute approximate surface area is 175 Å².